The van der Waals surface area contributed by atoms with Gasteiger partial charge >= 0.3 is 5.97 Å². The molecule has 5 nitrogen and oxygen atoms in total. The first-order valence-corrected chi connectivity index (χ1v) is 7.32. The summed E-state index contributed by atoms with van der Waals surface area (Å²) in [6.07, 6.45) is 3.97. The van der Waals surface area contributed by atoms with E-state index < -0.39 is 5.97 Å². The van der Waals surface area contributed by atoms with Gasteiger partial charge in [0.2, 0.25) is 5.76 Å². The van der Waals surface area contributed by atoms with Crippen molar-refractivity contribution in [3.8, 4) is 0 Å². The number of carbonyl (C=O) groups is 1. The summed E-state index contributed by atoms with van der Waals surface area (Å²) in [6.45, 7) is 7.20. The number of likely N-dealkylation sites (tertiary alicyclic amines) is 1. The molecule has 0 atom stereocenters. The SMILES string of the molecule is CCNCC1CCN(Cc2ccoc2C(=O)OC)CC1. The number of carbonyl (C=O) groups excluding carboxylic acids is 1. The van der Waals surface area contributed by atoms with Crippen molar-refractivity contribution in [3.05, 3.63) is 23.7 Å². The average Bonchev–Trinajstić information content (AvgIpc) is 2.94. The fourth-order valence-electron chi connectivity index (χ4n) is 2.67. The summed E-state index contributed by atoms with van der Waals surface area (Å²) in [6, 6.07) is 1.86. The monoisotopic (exact) mass is 280 g/mol. The van der Waals surface area contributed by atoms with E-state index in [9.17, 15) is 4.79 Å². The van der Waals surface area contributed by atoms with Gasteiger partial charge in [0.1, 0.15) is 0 Å². The molecule has 0 aliphatic carbocycles. The van der Waals surface area contributed by atoms with Crippen molar-refractivity contribution in [2.45, 2.75) is 26.3 Å². The third-order valence-electron chi connectivity index (χ3n) is 3.90. The van der Waals surface area contributed by atoms with Gasteiger partial charge in [0, 0.05) is 12.1 Å². The van der Waals surface area contributed by atoms with Gasteiger partial charge in [-0.2, -0.15) is 0 Å². The minimum Gasteiger partial charge on any atom is -0.463 e. The summed E-state index contributed by atoms with van der Waals surface area (Å²) in [5, 5.41) is 3.42. The van der Waals surface area contributed by atoms with Crippen LogP contribution in [0.3, 0.4) is 0 Å². The lowest BCUT2D eigenvalue weighted by Gasteiger charge is -2.31. The lowest BCUT2D eigenvalue weighted by Crippen LogP contribution is -2.37. The van der Waals surface area contributed by atoms with E-state index in [-0.39, 0.29) is 0 Å². The number of furan rings is 1. The number of ether oxygens (including phenoxy) is 1. The quantitative estimate of drug-likeness (QED) is 0.806. The Hall–Kier alpha value is -1.33. The second-order valence-corrected chi connectivity index (χ2v) is 5.29. The number of hydrogen-bond donors (Lipinski definition) is 1. The van der Waals surface area contributed by atoms with Gasteiger partial charge in [-0.15, -0.1) is 0 Å². The number of rotatable bonds is 6. The van der Waals surface area contributed by atoms with Gasteiger partial charge in [0.25, 0.3) is 0 Å². The molecule has 1 saturated heterocycles. The third-order valence-corrected chi connectivity index (χ3v) is 3.90. The van der Waals surface area contributed by atoms with Gasteiger partial charge in [-0.3, -0.25) is 4.90 Å². The number of hydrogen-bond acceptors (Lipinski definition) is 5. The molecule has 0 unspecified atom stereocenters. The Morgan fingerprint density at radius 1 is 1.50 bits per heavy atom. The summed E-state index contributed by atoms with van der Waals surface area (Å²) < 4.78 is 9.95. The van der Waals surface area contributed by atoms with E-state index >= 15 is 0 Å². The number of piperidine rings is 1. The molecule has 112 valence electrons. The highest BCUT2D eigenvalue weighted by Crippen LogP contribution is 2.20. The van der Waals surface area contributed by atoms with E-state index in [0.717, 1.165) is 44.2 Å². The fraction of sp³-hybridized carbons (Fsp3) is 0.667. The first-order chi connectivity index (χ1) is 9.74. The maximum absolute atomic E-state index is 11.6. The summed E-state index contributed by atoms with van der Waals surface area (Å²) in [4.78, 5) is 13.9. The second-order valence-electron chi connectivity index (χ2n) is 5.29. The Labute approximate surface area is 120 Å². The zero-order chi connectivity index (χ0) is 14.4. The highest BCUT2D eigenvalue weighted by molar-refractivity contribution is 5.87. The van der Waals surface area contributed by atoms with Crippen LogP contribution in [0.5, 0.6) is 0 Å². The molecule has 0 bridgehead atoms. The summed E-state index contributed by atoms with van der Waals surface area (Å²) in [5.74, 6) is 0.713. The van der Waals surface area contributed by atoms with Crippen LogP contribution in [0, 0.1) is 5.92 Å². The molecule has 2 heterocycles. The minimum atomic E-state index is -0.396. The Morgan fingerprint density at radius 3 is 2.90 bits per heavy atom. The molecule has 1 aromatic rings. The molecule has 0 saturated carbocycles. The summed E-state index contributed by atoms with van der Waals surface area (Å²) >= 11 is 0. The first-order valence-electron chi connectivity index (χ1n) is 7.32. The van der Waals surface area contributed by atoms with Crippen LogP contribution in [0.4, 0.5) is 0 Å². The summed E-state index contributed by atoms with van der Waals surface area (Å²) in [7, 11) is 1.38. The molecule has 0 aromatic carbocycles. The van der Waals surface area contributed by atoms with Gasteiger partial charge in [-0.25, -0.2) is 4.79 Å². The molecule has 1 aliphatic rings. The predicted octanol–water partition coefficient (Wildman–Crippen LogP) is 1.89. The lowest BCUT2D eigenvalue weighted by molar-refractivity contribution is 0.0561. The van der Waals surface area contributed by atoms with Crippen LogP contribution in [0.2, 0.25) is 0 Å². The van der Waals surface area contributed by atoms with Crippen LogP contribution in [0.1, 0.15) is 35.9 Å². The topological polar surface area (TPSA) is 54.7 Å². The van der Waals surface area contributed by atoms with Crippen molar-refractivity contribution in [1.29, 1.82) is 0 Å². The van der Waals surface area contributed by atoms with E-state index in [0.29, 0.717) is 5.76 Å². The second kappa shape index (κ2) is 7.45. The number of nitrogens with zero attached hydrogens (tertiary/aromatic N) is 1. The van der Waals surface area contributed by atoms with Crippen molar-refractivity contribution in [1.82, 2.24) is 10.2 Å². The minimum absolute atomic E-state index is 0.335. The largest absolute Gasteiger partial charge is 0.463 e. The highest BCUT2D eigenvalue weighted by atomic mass is 16.5. The van der Waals surface area contributed by atoms with Crippen LogP contribution < -0.4 is 5.32 Å². The smallest absolute Gasteiger partial charge is 0.374 e. The molecule has 0 radical (unpaired) electrons. The molecule has 0 spiro atoms. The van der Waals surface area contributed by atoms with Crippen molar-refractivity contribution < 1.29 is 13.9 Å². The molecular weight excluding hydrogens is 256 g/mol. The molecule has 1 aliphatic heterocycles. The molecular formula is C15H24N2O3. The molecule has 2 rings (SSSR count). The molecule has 20 heavy (non-hydrogen) atoms. The standard InChI is InChI=1S/C15H24N2O3/c1-3-16-10-12-4-7-17(8-5-12)11-13-6-9-20-14(13)15(18)19-2/h6,9,12,16H,3-5,7-8,10-11H2,1-2H3. The van der Waals surface area contributed by atoms with Crippen molar-refractivity contribution in [3.63, 3.8) is 0 Å². The van der Waals surface area contributed by atoms with Gasteiger partial charge < -0.3 is 14.5 Å². The van der Waals surface area contributed by atoms with E-state index in [1.165, 1.54) is 20.0 Å². The molecule has 1 N–H and O–H groups in total. The van der Waals surface area contributed by atoms with Crippen LogP contribution in [0.15, 0.2) is 16.7 Å². The third kappa shape index (κ3) is 3.84. The van der Waals surface area contributed by atoms with Crippen LogP contribution in [-0.4, -0.2) is 44.2 Å². The molecule has 0 amide bonds. The van der Waals surface area contributed by atoms with Crippen LogP contribution in [0.25, 0.3) is 0 Å². The average molecular weight is 280 g/mol. The van der Waals surface area contributed by atoms with E-state index in [1.807, 2.05) is 6.07 Å². The number of methoxy groups -OCH3 is 1. The maximum Gasteiger partial charge on any atom is 0.374 e. The Balaban J connectivity index is 1.84. The van der Waals surface area contributed by atoms with Crippen molar-refractivity contribution >= 4 is 5.97 Å². The Kier molecular flexibility index (Phi) is 5.61. The highest BCUT2D eigenvalue weighted by Gasteiger charge is 2.22. The van der Waals surface area contributed by atoms with Gasteiger partial charge in [0.15, 0.2) is 0 Å². The van der Waals surface area contributed by atoms with E-state index in [4.69, 9.17) is 9.15 Å². The normalized spacial score (nSPS) is 17.3. The zero-order valence-corrected chi connectivity index (χ0v) is 12.4. The number of esters is 1. The predicted molar refractivity (Wildman–Crippen MR) is 76.6 cm³/mol. The van der Waals surface area contributed by atoms with Gasteiger partial charge in [-0.1, -0.05) is 6.92 Å². The maximum atomic E-state index is 11.6. The van der Waals surface area contributed by atoms with E-state index in [1.54, 1.807) is 6.26 Å². The molecule has 1 aromatic heterocycles. The number of nitrogens with one attached hydrogen (secondary N) is 1. The lowest BCUT2D eigenvalue weighted by atomic mass is 9.96. The summed E-state index contributed by atoms with van der Waals surface area (Å²) in [5.41, 5.74) is 0.919. The Bertz CT molecular complexity index is 423. The van der Waals surface area contributed by atoms with Crippen LogP contribution >= 0.6 is 0 Å². The Morgan fingerprint density at radius 2 is 2.25 bits per heavy atom. The van der Waals surface area contributed by atoms with E-state index in [2.05, 4.69) is 17.1 Å². The van der Waals surface area contributed by atoms with Crippen LogP contribution in [-0.2, 0) is 11.3 Å². The van der Waals surface area contributed by atoms with Crippen molar-refractivity contribution in [2.24, 2.45) is 5.92 Å². The zero-order valence-electron chi connectivity index (χ0n) is 12.4. The van der Waals surface area contributed by atoms with Crippen molar-refractivity contribution in [2.75, 3.05) is 33.3 Å². The van der Waals surface area contributed by atoms with Gasteiger partial charge in [0.05, 0.1) is 13.4 Å². The fourth-order valence-corrected chi connectivity index (χ4v) is 2.67. The first kappa shape index (κ1) is 15.1. The molecule has 1 fully saturated rings. The molecule has 5 heteroatoms. The van der Waals surface area contributed by atoms with Gasteiger partial charge in [-0.05, 0) is 51.0 Å².